The lowest BCUT2D eigenvalue weighted by atomic mass is 10.0. The normalized spacial score (nSPS) is 21.4. The number of nitrogens with one attached hydrogen (secondary N) is 1. The molecule has 0 spiro atoms. The van der Waals surface area contributed by atoms with Crippen molar-refractivity contribution in [2.24, 2.45) is 0 Å². The number of hydrogen-bond donors (Lipinski definition) is 1. The molecule has 0 radical (unpaired) electrons. The highest BCUT2D eigenvalue weighted by molar-refractivity contribution is 7.99. The largest absolute Gasteiger partial charge is 0.307 e. The lowest BCUT2D eigenvalue weighted by Gasteiger charge is -2.26. The van der Waals surface area contributed by atoms with Gasteiger partial charge < -0.3 is 5.32 Å². The minimum atomic E-state index is 0.438. The van der Waals surface area contributed by atoms with Crippen molar-refractivity contribution >= 4 is 22.5 Å². The smallest absolute Gasteiger partial charge is 0.0294 e. The van der Waals surface area contributed by atoms with Crippen molar-refractivity contribution < 1.29 is 0 Å². The van der Waals surface area contributed by atoms with Crippen LogP contribution in [0.2, 0.25) is 0 Å². The van der Waals surface area contributed by atoms with Gasteiger partial charge in [-0.2, -0.15) is 11.8 Å². The van der Waals surface area contributed by atoms with Gasteiger partial charge in [0.05, 0.1) is 0 Å². The minimum absolute atomic E-state index is 0.438. The van der Waals surface area contributed by atoms with Gasteiger partial charge in [-0.15, -0.1) is 0 Å². The van der Waals surface area contributed by atoms with Crippen LogP contribution < -0.4 is 5.32 Å². The molecule has 1 saturated heterocycles. The lowest BCUT2D eigenvalue weighted by molar-refractivity contribution is 0.453. The van der Waals surface area contributed by atoms with Crippen LogP contribution in [-0.4, -0.2) is 17.5 Å². The Morgan fingerprint density at radius 2 is 2.00 bits per heavy atom. The summed E-state index contributed by atoms with van der Waals surface area (Å²) in [7, 11) is 0. The van der Waals surface area contributed by atoms with Crippen LogP contribution in [0.15, 0.2) is 42.5 Å². The molecule has 0 saturated carbocycles. The molecule has 1 fully saturated rings. The molecule has 2 atom stereocenters. The fourth-order valence-electron chi connectivity index (χ4n) is 2.80. The Hall–Kier alpha value is -0.990. The van der Waals surface area contributed by atoms with Gasteiger partial charge in [0.25, 0.3) is 0 Å². The summed E-state index contributed by atoms with van der Waals surface area (Å²) in [6.07, 6.45) is 2.68. The van der Waals surface area contributed by atoms with E-state index in [4.69, 9.17) is 0 Å². The van der Waals surface area contributed by atoms with Gasteiger partial charge in [-0.05, 0) is 47.9 Å². The number of rotatable bonds is 3. The minimum Gasteiger partial charge on any atom is -0.307 e. The molecule has 0 aliphatic carbocycles. The summed E-state index contributed by atoms with van der Waals surface area (Å²) in [6.45, 7) is 2.28. The summed E-state index contributed by atoms with van der Waals surface area (Å²) < 4.78 is 0. The van der Waals surface area contributed by atoms with Gasteiger partial charge in [-0.3, -0.25) is 0 Å². The number of hydrogen-bond acceptors (Lipinski definition) is 2. The van der Waals surface area contributed by atoms with E-state index < -0.39 is 0 Å². The van der Waals surface area contributed by atoms with E-state index in [0.717, 1.165) is 0 Å². The summed E-state index contributed by atoms with van der Waals surface area (Å²) in [5, 5.41) is 6.44. The van der Waals surface area contributed by atoms with Crippen LogP contribution in [0.25, 0.3) is 10.8 Å². The highest BCUT2D eigenvalue weighted by Gasteiger charge is 2.16. The highest BCUT2D eigenvalue weighted by atomic mass is 32.2. The van der Waals surface area contributed by atoms with E-state index in [-0.39, 0.29) is 0 Å². The number of fused-ring (bicyclic) bond motifs is 1. The lowest BCUT2D eigenvalue weighted by Crippen LogP contribution is -2.35. The number of thioether (sulfide) groups is 1. The van der Waals surface area contributed by atoms with E-state index >= 15 is 0 Å². The molecule has 2 heteroatoms. The van der Waals surface area contributed by atoms with Crippen molar-refractivity contribution in [2.75, 3.05) is 11.5 Å². The van der Waals surface area contributed by atoms with Crippen LogP contribution in [0.4, 0.5) is 0 Å². The van der Waals surface area contributed by atoms with Gasteiger partial charge in [-0.25, -0.2) is 0 Å². The quantitative estimate of drug-likeness (QED) is 0.888. The van der Waals surface area contributed by atoms with E-state index in [9.17, 15) is 0 Å². The van der Waals surface area contributed by atoms with Crippen LogP contribution in [0.1, 0.15) is 31.4 Å². The molecule has 1 N–H and O–H groups in total. The van der Waals surface area contributed by atoms with Gasteiger partial charge in [0.2, 0.25) is 0 Å². The van der Waals surface area contributed by atoms with Crippen LogP contribution in [-0.2, 0) is 0 Å². The molecule has 1 nitrogen and oxygen atoms in total. The zero-order valence-corrected chi connectivity index (χ0v) is 12.2. The Bertz CT molecular complexity index is 546. The van der Waals surface area contributed by atoms with E-state index in [1.54, 1.807) is 0 Å². The maximum absolute atomic E-state index is 3.78. The zero-order chi connectivity index (χ0) is 13.1. The maximum Gasteiger partial charge on any atom is 0.0294 e. The molecule has 100 valence electrons. The molecular formula is C17H21NS. The Kier molecular flexibility index (Phi) is 4.09. The van der Waals surface area contributed by atoms with Crippen molar-refractivity contribution in [1.29, 1.82) is 0 Å². The third-order valence-electron chi connectivity index (χ3n) is 3.92. The summed E-state index contributed by atoms with van der Waals surface area (Å²) in [5.41, 5.74) is 1.40. The third-order valence-corrected chi connectivity index (χ3v) is 5.13. The second kappa shape index (κ2) is 5.98. The molecular weight excluding hydrogens is 250 g/mol. The molecule has 19 heavy (non-hydrogen) atoms. The Balaban J connectivity index is 1.75. The summed E-state index contributed by atoms with van der Waals surface area (Å²) in [6, 6.07) is 16.5. The van der Waals surface area contributed by atoms with Gasteiger partial charge in [0, 0.05) is 17.8 Å². The van der Waals surface area contributed by atoms with Gasteiger partial charge in [0.1, 0.15) is 0 Å². The van der Waals surface area contributed by atoms with Gasteiger partial charge >= 0.3 is 0 Å². The monoisotopic (exact) mass is 271 g/mol. The predicted molar refractivity (Wildman–Crippen MR) is 85.8 cm³/mol. The molecule has 2 aromatic rings. The number of benzene rings is 2. The molecule has 0 amide bonds. The van der Waals surface area contributed by atoms with E-state index in [1.165, 1.54) is 40.7 Å². The zero-order valence-electron chi connectivity index (χ0n) is 11.4. The van der Waals surface area contributed by atoms with Crippen molar-refractivity contribution in [3.05, 3.63) is 48.0 Å². The molecule has 0 bridgehead atoms. The van der Waals surface area contributed by atoms with Gasteiger partial charge in [0.15, 0.2) is 0 Å². The Morgan fingerprint density at radius 1 is 1.16 bits per heavy atom. The predicted octanol–water partition coefficient (Wildman–Crippen LogP) is 4.39. The summed E-state index contributed by atoms with van der Waals surface area (Å²) in [5.74, 6) is 2.60. The van der Waals surface area contributed by atoms with Crippen molar-refractivity contribution in [3.63, 3.8) is 0 Å². The summed E-state index contributed by atoms with van der Waals surface area (Å²) >= 11 is 2.08. The molecule has 2 aromatic carbocycles. The summed E-state index contributed by atoms with van der Waals surface area (Å²) in [4.78, 5) is 0. The van der Waals surface area contributed by atoms with Crippen LogP contribution in [0.3, 0.4) is 0 Å². The molecule has 1 aliphatic rings. The molecule has 3 rings (SSSR count). The molecule has 1 aliphatic heterocycles. The second-order valence-corrected chi connectivity index (χ2v) is 6.56. The molecule has 2 unspecified atom stereocenters. The maximum atomic E-state index is 3.78. The van der Waals surface area contributed by atoms with E-state index in [2.05, 4.69) is 66.5 Å². The average Bonchev–Trinajstić information content (AvgIpc) is 2.48. The van der Waals surface area contributed by atoms with Crippen LogP contribution in [0.5, 0.6) is 0 Å². The van der Waals surface area contributed by atoms with Crippen molar-refractivity contribution in [2.45, 2.75) is 31.8 Å². The highest BCUT2D eigenvalue weighted by Crippen LogP contribution is 2.23. The first-order chi connectivity index (χ1) is 9.33. The Morgan fingerprint density at radius 3 is 2.79 bits per heavy atom. The Labute approximate surface area is 119 Å². The first kappa shape index (κ1) is 13.0. The van der Waals surface area contributed by atoms with E-state index in [1.807, 2.05) is 0 Å². The fourth-order valence-corrected chi connectivity index (χ4v) is 3.88. The molecule has 1 heterocycles. The van der Waals surface area contributed by atoms with Crippen LogP contribution in [0, 0.1) is 0 Å². The van der Waals surface area contributed by atoms with E-state index in [0.29, 0.717) is 12.1 Å². The third kappa shape index (κ3) is 3.13. The molecule has 0 aromatic heterocycles. The van der Waals surface area contributed by atoms with Crippen molar-refractivity contribution in [1.82, 2.24) is 5.32 Å². The average molecular weight is 271 g/mol. The first-order valence-corrected chi connectivity index (χ1v) is 8.31. The van der Waals surface area contributed by atoms with Crippen LogP contribution >= 0.6 is 11.8 Å². The SMILES string of the molecule is CC(NC1CCCSC1)c1ccc2ccccc2c1. The second-order valence-electron chi connectivity index (χ2n) is 5.41. The standard InChI is InChI=1S/C17H21NS/c1-13(18-17-7-4-10-19-12-17)15-9-8-14-5-2-3-6-16(14)11-15/h2-3,5-6,8-9,11,13,17-18H,4,7,10,12H2,1H3. The topological polar surface area (TPSA) is 12.0 Å². The first-order valence-electron chi connectivity index (χ1n) is 7.15. The van der Waals surface area contributed by atoms with Gasteiger partial charge in [-0.1, -0.05) is 36.4 Å². The fraction of sp³-hybridized carbons (Fsp3) is 0.412. The van der Waals surface area contributed by atoms with Crippen molar-refractivity contribution in [3.8, 4) is 0 Å².